The lowest BCUT2D eigenvalue weighted by Gasteiger charge is -2.34. The van der Waals surface area contributed by atoms with Gasteiger partial charge < -0.3 is 20.3 Å². The van der Waals surface area contributed by atoms with Crippen molar-refractivity contribution in [2.75, 3.05) is 13.2 Å². The second-order valence-electron chi connectivity index (χ2n) is 11.3. The van der Waals surface area contributed by atoms with E-state index in [9.17, 15) is 24.0 Å². The van der Waals surface area contributed by atoms with E-state index in [4.69, 9.17) is 4.74 Å². The smallest absolute Gasteiger partial charge is 0.246 e. The Morgan fingerprint density at radius 1 is 1.08 bits per heavy atom. The van der Waals surface area contributed by atoms with Crippen LogP contribution in [0.15, 0.2) is 30.3 Å². The lowest BCUT2D eigenvalue weighted by atomic mass is 9.89. The SMILES string of the molecule is CC1(C)NC(=O)[C@H](CCCCCC(=O)[C@@H]2CO2)CC(=O)[C@H]2CCCN2C(=O)[C@H](Cc2ccccc2)NC1=O. The van der Waals surface area contributed by atoms with Crippen LogP contribution in [0.25, 0.3) is 0 Å². The molecule has 3 saturated heterocycles. The largest absolute Gasteiger partial charge is 0.365 e. The number of carbonyl (C=O) groups is 5. The normalized spacial score (nSPS) is 27.6. The average Bonchev–Trinajstić information content (AvgIpc) is 3.62. The van der Waals surface area contributed by atoms with Gasteiger partial charge in [-0.1, -0.05) is 43.2 Å². The summed E-state index contributed by atoms with van der Waals surface area (Å²) in [5.41, 5.74) is -0.373. The van der Waals surface area contributed by atoms with Gasteiger partial charge >= 0.3 is 0 Å². The molecule has 2 N–H and O–H groups in total. The van der Waals surface area contributed by atoms with Crippen LogP contribution in [-0.4, -0.2) is 71.1 Å². The topological polar surface area (TPSA) is 125 Å². The van der Waals surface area contributed by atoms with Crippen molar-refractivity contribution >= 4 is 29.3 Å². The zero-order chi connectivity index (χ0) is 27.3. The Morgan fingerprint density at radius 3 is 2.53 bits per heavy atom. The lowest BCUT2D eigenvalue weighted by Crippen LogP contribution is -2.61. The van der Waals surface area contributed by atoms with Gasteiger partial charge in [0, 0.05) is 31.7 Å². The highest BCUT2D eigenvalue weighted by molar-refractivity contribution is 5.99. The molecule has 3 aliphatic heterocycles. The van der Waals surface area contributed by atoms with Crippen LogP contribution in [0.4, 0.5) is 0 Å². The van der Waals surface area contributed by atoms with Gasteiger partial charge in [-0.05, 0) is 45.1 Å². The third-order valence-corrected chi connectivity index (χ3v) is 7.78. The Morgan fingerprint density at radius 2 is 1.82 bits per heavy atom. The summed E-state index contributed by atoms with van der Waals surface area (Å²) in [6.45, 7) is 4.19. The van der Waals surface area contributed by atoms with Crippen LogP contribution in [0, 0.1) is 5.92 Å². The summed E-state index contributed by atoms with van der Waals surface area (Å²) in [5.74, 6) is -1.64. The van der Waals surface area contributed by atoms with E-state index >= 15 is 0 Å². The third-order valence-electron chi connectivity index (χ3n) is 7.78. The number of hydrogen-bond donors (Lipinski definition) is 2. The molecule has 3 fully saturated rings. The van der Waals surface area contributed by atoms with Crippen molar-refractivity contribution in [3.05, 3.63) is 35.9 Å². The monoisotopic (exact) mass is 525 g/mol. The molecule has 0 spiro atoms. The molecule has 0 unspecified atom stereocenters. The zero-order valence-electron chi connectivity index (χ0n) is 22.4. The van der Waals surface area contributed by atoms with Crippen molar-refractivity contribution in [2.24, 2.45) is 5.92 Å². The van der Waals surface area contributed by atoms with Gasteiger partial charge in [0.1, 0.15) is 17.7 Å². The van der Waals surface area contributed by atoms with E-state index in [-0.39, 0.29) is 35.9 Å². The highest BCUT2D eigenvalue weighted by Crippen LogP contribution is 2.26. The standard InChI is InChI=1S/C29H39N3O6/c1-29(2)28(37)30-21(16-19-10-5-3-6-11-19)27(36)32-15-9-13-22(32)24(34)17-20(26(35)31-29)12-7-4-8-14-23(33)25-18-38-25/h3,5-6,10-11,20-22,25H,4,7-9,12-18H2,1-2H3,(H,30,37)(H,31,35)/t20-,21+,22-,25+/m1/s1. The van der Waals surface area contributed by atoms with Crippen LogP contribution in [0.5, 0.6) is 0 Å². The average molecular weight is 526 g/mol. The number of benzene rings is 1. The van der Waals surface area contributed by atoms with Gasteiger partial charge in [0.25, 0.3) is 0 Å². The highest BCUT2D eigenvalue weighted by Gasteiger charge is 2.42. The molecule has 4 atom stereocenters. The van der Waals surface area contributed by atoms with E-state index in [2.05, 4.69) is 10.6 Å². The number of epoxide rings is 1. The summed E-state index contributed by atoms with van der Waals surface area (Å²) < 4.78 is 5.02. The molecule has 9 heteroatoms. The molecule has 4 rings (SSSR count). The van der Waals surface area contributed by atoms with Crippen LogP contribution in [0.3, 0.4) is 0 Å². The van der Waals surface area contributed by atoms with E-state index in [0.717, 1.165) is 12.0 Å². The van der Waals surface area contributed by atoms with Gasteiger partial charge in [-0.25, -0.2) is 0 Å². The van der Waals surface area contributed by atoms with Crippen LogP contribution in [0.1, 0.15) is 70.8 Å². The van der Waals surface area contributed by atoms with Gasteiger partial charge in [-0.15, -0.1) is 0 Å². The molecule has 0 radical (unpaired) electrons. The molecule has 0 bridgehead atoms. The van der Waals surface area contributed by atoms with E-state index in [1.54, 1.807) is 18.7 Å². The van der Waals surface area contributed by atoms with Crippen molar-refractivity contribution in [1.29, 1.82) is 0 Å². The number of ketones is 2. The number of nitrogens with one attached hydrogen (secondary N) is 2. The number of carbonyl (C=O) groups excluding carboxylic acids is 5. The first-order chi connectivity index (χ1) is 18.2. The van der Waals surface area contributed by atoms with Gasteiger partial charge in [-0.2, -0.15) is 0 Å². The second kappa shape index (κ2) is 12.2. The number of ether oxygens (including phenoxy) is 1. The lowest BCUT2D eigenvalue weighted by molar-refractivity contribution is -0.144. The molecule has 0 aliphatic carbocycles. The first kappa shape index (κ1) is 28.0. The summed E-state index contributed by atoms with van der Waals surface area (Å²) in [6.07, 6.45) is 4.43. The summed E-state index contributed by atoms with van der Waals surface area (Å²) in [5, 5.41) is 5.71. The maximum absolute atomic E-state index is 13.7. The Balaban J connectivity index is 1.48. The molecule has 206 valence electrons. The fraction of sp³-hybridized carbons (Fsp3) is 0.621. The molecule has 9 nitrogen and oxygen atoms in total. The highest BCUT2D eigenvalue weighted by atomic mass is 16.6. The van der Waals surface area contributed by atoms with Crippen molar-refractivity contribution in [1.82, 2.24) is 15.5 Å². The first-order valence-corrected chi connectivity index (χ1v) is 13.8. The molecule has 1 aromatic rings. The van der Waals surface area contributed by atoms with Gasteiger partial charge in [0.2, 0.25) is 17.7 Å². The van der Waals surface area contributed by atoms with E-state index < -0.39 is 29.4 Å². The summed E-state index contributed by atoms with van der Waals surface area (Å²) in [4.78, 5) is 67.2. The van der Waals surface area contributed by atoms with Gasteiger partial charge in [-0.3, -0.25) is 24.0 Å². The van der Waals surface area contributed by atoms with Crippen molar-refractivity contribution in [2.45, 2.75) is 95.4 Å². The van der Waals surface area contributed by atoms with Crippen molar-refractivity contribution in [3.63, 3.8) is 0 Å². The predicted octanol–water partition coefficient (Wildman–Crippen LogP) is 2.11. The van der Waals surface area contributed by atoms with E-state index in [1.165, 1.54) is 0 Å². The number of nitrogens with zero attached hydrogens (tertiary/aromatic N) is 1. The first-order valence-electron chi connectivity index (χ1n) is 13.8. The Kier molecular flexibility index (Phi) is 8.97. The van der Waals surface area contributed by atoms with Gasteiger partial charge in [0.05, 0.1) is 12.6 Å². The van der Waals surface area contributed by atoms with Crippen LogP contribution < -0.4 is 10.6 Å². The summed E-state index contributed by atoms with van der Waals surface area (Å²) in [7, 11) is 0. The molecule has 0 aromatic heterocycles. The maximum atomic E-state index is 13.7. The van der Waals surface area contributed by atoms with Gasteiger partial charge in [0.15, 0.2) is 11.6 Å². The Labute approximate surface area is 224 Å². The number of amides is 3. The molecule has 0 saturated carbocycles. The summed E-state index contributed by atoms with van der Waals surface area (Å²) >= 11 is 0. The van der Waals surface area contributed by atoms with Crippen molar-refractivity contribution < 1.29 is 28.7 Å². The van der Waals surface area contributed by atoms with Crippen LogP contribution in [0.2, 0.25) is 0 Å². The Hall–Kier alpha value is -3.07. The van der Waals surface area contributed by atoms with E-state index in [1.807, 2.05) is 30.3 Å². The number of rotatable bonds is 9. The second-order valence-corrected chi connectivity index (χ2v) is 11.3. The quantitative estimate of drug-likeness (QED) is 0.376. The molecule has 3 amide bonds. The zero-order valence-corrected chi connectivity index (χ0v) is 22.4. The minimum atomic E-state index is -1.27. The van der Waals surface area contributed by atoms with E-state index in [0.29, 0.717) is 58.1 Å². The van der Waals surface area contributed by atoms with Crippen molar-refractivity contribution in [3.8, 4) is 0 Å². The number of hydrogen-bond acceptors (Lipinski definition) is 6. The maximum Gasteiger partial charge on any atom is 0.246 e. The summed E-state index contributed by atoms with van der Waals surface area (Å²) in [6, 6.07) is 8.01. The number of Topliss-reactive ketones (excluding diaryl/α,β-unsaturated/α-hetero) is 2. The molecule has 38 heavy (non-hydrogen) atoms. The number of fused-ring (bicyclic) bond motifs is 1. The molecule has 1 aromatic carbocycles. The fourth-order valence-corrected chi connectivity index (χ4v) is 5.39. The third kappa shape index (κ3) is 7.07. The molecular formula is C29H39N3O6. The number of unbranched alkanes of at least 4 members (excludes halogenated alkanes) is 2. The Bertz CT molecular complexity index is 1050. The fourth-order valence-electron chi connectivity index (χ4n) is 5.39. The minimum absolute atomic E-state index is 0.0240. The molecular weight excluding hydrogens is 486 g/mol. The molecule has 3 heterocycles. The minimum Gasteiger partial charge on any atom is -0.365 e. The molecule has 3 aliphatic rings. The van der Waals surface area contributed by atoms with Crippen LogP contribution >= 0.6 is 0 Å². The van der Waals surface area contributed by atoms with Crippen LogP contribution in [-0.2, 0) is 35.1 Å². The predicted molar refractivity (Wildman–Crippen MR) is 140 cm³/mol.